The van der Waals surface area contributed by atoms with E-state index in [-0.39, 0.29) is 18.9 Å². The van der Waals surface area contributed by atoms with Crippen molar-refractivity contribution in [3.8, 4) is 5.75 Å². The van der Waals surface area contributed by atoms with E-state index in [0.717, 1.165) is 0 Å². The van der Waals surface area contributed by atoms with Crippen LogP contribution in [0.4, 0.5) is 18.9 Å². The van der Waals surface area contributed by atoms with Crippen LogP contribution in [-0.4, -0.2) is 17.9 Å². The fourth-order valence-corrected chi connectivity index (χ4v) is 1.68. The van der Waals surface area contributed by atoms with Crippen molar-refractivity contribution in [3.63, 3.8) is 0 Å². The topological polar surface area (TPSA) is 54.6 Å². The Labute approximate surface area is 119 Å². The first-order valence-electron chi connectivity index (χ1n) is 6.19. The number of anilines is 1. The summed E-state index contributed by atoms with van der Waals surface area (Å²) in [5.41, 5.74) is 0.434. The summed E-state index contributed by atoms with van der Waals surface area (Å²) in [4.78, 5) is 0. The Hall–Kier alpha value is -2.15. The van der Waals surface area contributed by atoms with Crippen molar-refractivity contribution in [2.75, 3.05) is 11.9 Å². The maximum atomic E-state index is 12.2. The highest BCUT2D eigenvalue weighted by Crippen LogP contribution is 2.26. The van der Waals surface area contributed by atoms with Gasteiger partial charge in [0.1, 0.15) is 23.9 Å². The Kier molecular flexibility index (Phi) is 4.74. The zero-order valence-corrected chi connectivity index (χ0v) is 11.0. The molecule has 0 amide bonds. The van der Waals surface area contributed by atoms with Gasteiger partial charge in [0.25, 0.3) is 0 Å². The average molecular weight is 301 g/mol. The van der Waals surface area contributed by atoms with Crippen LogP contribution in [-0.2, 0) is 13.2 Å². The maximum absolute atomic E-state index is 12.2. The van der Waals surface area contributed by atoms with Gasteiger partial charge in [-0.1, -0.05) is 12.1 Å². The Bertz CT molecular complexity index is 581. The summed E-state index contributed by atoms with van der Waals surface area (Å²) in [5, 5.41) is 11.8. The van der Waals surface area contributed by atoms with E-state index in [2.05, 4.69) is 5.32 Å². The van der Waals surface area contributed by atoms with Crippen LogP contribution < -0.4 is 10.1 Å². The third-order valence-corrected chi connectivity index (χ3v) is 2.60. The molecule has 1 heterocycles. The van der Waals surface area contributed by atoms with Crippen LogP contribution >= 0.6 is 0 Å². The van der Waals surface area contributed by atoms with E-state index in [1.165, 1.54) is 6.07 Å². The van der Waals surface area contributed by atoms with Gasteiger partial charge >= 0.3 is 6.18 Å². The second-order valence-corrected chi connectivity index (χ2v) is 4.28. The average Bonchev–Trinajstić information content (AvgIpc) is 2.91. The molecule has 21 heavy (non-hydrogen) atoms. The number of furan rings is 1. The van der Waals surface area contributed by atoms with Crippen LogP contribution in [0.2, 0.25) is 0 Å². The summed E-state index contributed by atoms with van der Waals surface area (Å²) in [5.74, 6) is 1.10. The molecule has 2 aromatic rings. The van der Waals surface area contributed by atoms with E-state index >= 15 is 0 Å². The Morgan fingerprint density at radius 2 is 1.81 bits per heavy atom. The molecule has 114 valence electrons. The van der Waals surface area contributed by atoms with E-state index in [1.807, 2.05) is 0 Å². The molecule has 0 spiro atoms. The molecule has 0 aliphatic rings. The van der Waals surface area contributed by atoms with Crippen molar-refractivity contribution in [3.05, 3.63) is 47.9 Å². The van der Waals surface area contributed by atoms with Crippen molar-refractivity contribution in [1.82, 2.24) is 0 Å². The van der Waals surface area contributed by atoms with Gasteiger partial charge in [-0.25, -0.2) is 0 Å². The normalized spacial score (nSPS) is 11.4. The third-order valence-electron chi connectivity index (χ3n) is 2.60. The smallest absolute Gasteiger partial charge is 0.422 e. The van der Waals surface area contributed by atoms with Crippen LogP contribution in [0.1, 0.15) is 11.5 Å². The first-order valence-corrected chi connectivity index (χ1v) is 6.19. The molecule has 1 aromatic heterocycles. The third kappa shape index (κ3) is 4.71. The number of hydrogen-bond acceptors (Lipinski definition) is 4. The molecule has 0 saturated heterocycles. The summed E-state index contributed by atoms with van der Waals surface area (Å²) in [6, 6.07) is 9.65. The standard InChI is InChI=1S/C14H14F3NO3/c15-14(16,17)9-20-13-4-2-1-3-12(13)18-7-10-5-6-11(8-19)21-10/h1-6,18-19H,7-9H2. The fraction of sp³-hybridized carbons (Fsp3) is 0.286. The Morgan fingerprint density at radius 1 is 1.10 bits per heavy atom. The largest absolute Gasteiger partial charge is 0.482 e. The molecule has 2 N–H and O–H groups in total. The maximum Gasteiger partial charge on any atom is 0.422 e. The van der Waals surface area contributed by atoms with E-state index < -0.39 is 12.8 Å². The van der Waals surface area contributed by atoms with Crippen molar-refractivity contribution >= 4 is 5.69 Å². The van der Waals surface area contributed by atoms with Gasteiger partial charge in [-0.3, -0.25) is 0 Å². The monoisotopic (exact) mass is 301 g/mol. The molecule has 0 atom stereocenters. The van der Waals surface area contributed by atoms with Crippen molar-refractivity contribution in [1.29, 1.82) is 0 Å². The van der Waals surface area contributed by atoms with Gasteiger partial charge in [0.2, 0.25) is 0 Å². The lowest BCUT2D eigenvalue weighted by atomic mass is 10.3. The molecule has 2 rings (SSSR count). The zero-order chi connectivity index (χ0) is 15.3. The lowest BCUT2D eigenvalue weighted by Gasteiger charge is -2.13. The zero-order valence-electron chi connectivity index (χ0n) is 11.0. The van der Waals surface area contributed by atoms with Crippen LogP contribution in [0, 0.1) is 0 Å². The lowest BCUT2D eigenvalue weighted by Crippen LogP contribution is -2.19. The molecule has 0 unspecified atom stereocenters. The number of halogens is 3. The van der Waals surface area contributed by atoms with Gasteiger partial charge in [-0.2, -0.15) is 13.2 Å². The van der Waals surface area contributed by atoms with Gasteiger partial charge in [-0.15, -0.1) is 0 Å². The number of benzene rings is 1. The lowest BCUT2D eigenvalue weighted by molar-refractivity contribution is -0.153. The fourth-order valence-electron chi connectivity index (χ4n) is 1.68. The number of alkyl halides is 3. The molecule has 0 saturated carbocycles. The summed E-state index contributed by atoms with van der Waals surface area (Å²) < 4.78 is 46.6. The second kappa shape index (κ2) is 6.53. The molecule has 0 fully saturated rings. The van der Waals surface area contributed by atoms with Crippen LogP contribution in [0.15, 0.2) is 40.8 Å². The van der Waals surface area contributed by atoms with Gasteiger partial charge in [0, 0.05) is 0 Å². The number of aliphatic hydroxyl groups excluding tert-OH is 1. The quantitative estimate of drug-likeness (QED) is 0.859. The second-order valence-electron chi connectivity index (χ2n) is 4.28. The first-order chi connectivity index (χ1) is 9.98. The number of hydrogen-bond donors (Lipinski definition) is 2. The highest BCUT2D eigenvalue weighted by Gasteiger charge is 2.28. The highest BCUT2D eigenvalue weighted by molar-refractivity contribution is 5.56. The Balaban J connectivity index is 1.99. The molecular weight excluding hydrogens is 287 g/mol. The van der Waals surface area contributed by atoms with Crippen molar-refractivity contribution in [2.24, 2.45) is 0 Å². The van der Waals surface area contributed by atoms with E-state index in [1.54, 1.807) is 30.3 Å². The first kappa shape index (κ1) is 15.2. The molecule has 0 aliphatic heterocycles. The summed E-state index contributed by atoms with van der Waals surface area (Å²) in [7, 11) is 0. The van der Waals surface area contributed by atoms with Crippen molar-refractivity contribution in [2.45, 2.75) is 19.3 Å². The predicted octanol–water partition coefficient (Wildman–Crippen LogP) is 3.33. The van der Waals surface area contributed by atoms with Gasteiger partial charge < -0.3 is 19.6 Å². The molecular formula is C14H14F3NO3. The highest BCUT2D eigenvalue weighted by atomic mass is 19.4. The number of para-hydroxylation sites is 2. The predicted molar refractivity (Wildman–Crippen MR) is 69.9 cm³/mol. The molecule has 0 radical (unpaired) electrons. The SMILES string of the molecule is OCc1ccc(CNc2ccccc2OCC(F)(F)F)o1. The van der Waals surface area contributed by atoms with E-state index in [0.29, 0.717) is 17.2 Å². The van der Waals surface area contributed by atoms with Crippen LogP contribution in [0.25, 0.3) is 0 Å². The summed E-state index contributed by atoms with van der Waals surface area (Å²) in [6.07, 6.45) is -4.38. The van der Waals surface area contributed by atoms with Crippen molar-refractivity contribution < 1.29 is 27.4 Å². The minimum Gasteiger partial charge on any atom is -0.482 e. The summed E-state index contributed by atoms with van der Waals surface area (Å²) >= 11 is 0. The van der Waals surface area contributed by atoms with Crippen LogP contribution in [0.3, 0.4) is 0 Å². The molecule has 0 bridgehead atoms. The Morgan fingerprint density at radius 3 is 2.48 bits per heavy atom. The number of aliphatic hydroxyl groups is 1. The number of nitrogens with one attached hydrogen (secondary N) is 1. The molecule has 4 nitrogen and oxygen atoms in total. The minimum atomic E-state index is -4.38. The summed E-state index contributed by atoms with van der Waals surface area (Å²) in [6.45, 7) is -1.28. The number of ether oxygens (including phenoxy) is 1. The minimum absolute atomic E-state index is 0.115. The molecule has 1 aromatic carbocycles. The van der Waals surface area contributed by atoms with Gasteiger partial charge in [0.05, 0.1) is 12.2 Å². The van der Waals surface area contributed by atoms with Crippen LogP contribution in [0.5, 0.6) is 5.75 Å². The van der Waals surface area contributed by atoms with Gasteiger partial charge in [0.15, 0.2) is 6.61 Å². The van der Waals surface area contributed by atoms with E-state index in [9.17, 15) is 13.2 Å². The molecule has 0 aliphatic carbocycles. The molecule has 7 heteroatoms. The van der Waals surface area contributed by atoms with E-state index in [4.69, 9.17) is 14.3 Å². The number of rotatable bonds is 6. The van der Waals surface area contributed by atoms with Gasteiger partial charge in [-0.05, 0) is 24.3 Å².